The van der Waals surface area contributed by atoms with Crippen LogP contribution in [0.3, 0.4) is 0 Å². The molecule has 9 nitrogen and oxygen atoms in total. The normalized spacial score (nSPS) is 10.1. The van der Waals surface area contributed by atoms with Gasteiger partial charge >= 0.3 is 5.69 Å². The molecular formula is C19H23N3O6. The van der Waals surface area contributed by atoms with Gasteiger partial charge in [-0.15, -0.1) is 0 Å². The lowest BCUT2D eigenvalue weighted by Gasteiger charge is -2.19. The fourth-order valence-electron chi connectivity index (χ4n) is 2.74. The van der Waals surface area contributed by atoms with Crippen LogP contribution < -0.4 is 24.4 Å². The Kier molecular flexibility index (Phi) is 7.02. The van der Waals surface area contributed by atoms with E-state index in [0.29, 0.717) is 6.54 Å². The molecule has 0 bridgehead atoms. The molecule has 1 N–H and O–H groups in total. The van der Waals surface area contributed by atoms with Gasteiger partial charge < -0.3 is 24.4 Å². The molecule has 0 unspecified atom stereocenters. The first-order valence-electron chi connectivity index (χ1n) is 8.46. The van der Waals surface area contributed by atoms with Crippen LogP contribution in [-0.2, 0) is 0 Å². The minimum absolute atomic E-state index is 0.0528. The molecule has 28 heavy (non-hydrogen) atoms. The average Bonchev–Trinajstić information content (AvgIpc) is 2.72. The lowest BCUT2D eigenvalue weighted by atomic mass is 10.1. The van der Waals surface area contributed by atoms with Crippen molar-refractivity contribution in [2.24, 2.45) is 0 Å². The van der Waals surface area contributed by atoms with Crippen LogP contribution in [0.25, 0.3) is 0 Å². The van der Waals surface area contributed by atoms with Gasteiger partial charge in [0.2, 0.25) is 11.5 Å². The number of ether oxygens (including phenoxy) is 3. The summed E-state index contributed by atoms with van der Waals surface area (Å²) in [5, 5.41) is 14.3. The molecular weight excluding hydrogens is 366 g/mol. The predicted octanol–water partition coefficient (Wildman–Crippen LogP) is 2.49. The number of carbonyl (C=O) groups excluding carboxylic acids is 1. The number of benzene rings is 2. The Morgan fingerprint density at radius 3 is 2.29 bits per heavy atom. The van der Waals surface area contributed by atoms with Gasteiger partial charge in [0, 0.05) is 31.9 Å². The van der Waals surface area contributed by atoms with Crippen LogP contribution in [0.1, 0.15) is 10.4 Å². The maximum atomic E-state index is 12.6. The molecule has 2 aromatic rings. The molecule has 0 saturated carbocycles. The highest BCUT2D eigenvalue weighted by Gasteiger charge is 2.32. The van der Waals surface area contributed by atoms with E-state index in [9.17, 15) is 14.9 Å². The maximum Gasteiger partial charge on any atom is 0.327 e. The number of nitrogens with zero attached hydrogens (tertiary/aromatic N) is 2. The molecule has 0 spiro atoms. The molecule has 1 amide bonds. The Hall–Kier alpha value is -3.49. The minimum Gasteiger partial charge on any atom is -0.493 e. The number of amides is 1. The summed E-state index contributed by atoms with van der Waals surface area (Å²) in [4.78, 5) is 25.5. The summed E-state index contributed by atoms with van der Waals surface area (Å²) in [6.45, 7) is 0.812. The largest absolute Gasteiger partial charge is 0.493 e. The molecule has 0 aromatic heterocycles. The number of para-hydroxylation sites is 1. The van der Waals surface area contributed by atoms with E-state index in [-0.39, 0.29) is 29.4 Å². The number of nitrogens with one attached hydrogen (secondary N) is 1. The summed E-state index contributed by atoms with van der Waals surface area (Å²) in [6, 6.07) is 10.9. The first kappa shape index (κ1) is 20.8. The number of likely N-dealkylation sites (N-methyl/N-ethyl adjacent to an activating group) is 1. The highest BCUT2D eigenvalue weighted by atomic mass is 16.6. The van der Waals surface area contributed by atoms with Gasteiger partial charge in [0.1, 0.15) is 5.56 Å². The Bertz CT molecular complexity index is 841. The minimum atomic E-state index is -0.675. The average molecular weight is 389 g/mol. The van der Waals surface area contributed by atoms with Gasteiger partial charge in [-0.2, -0.15) is 0 Å². The lowest BCUT2D eigenvalue weighted by Crippen LogP contribution is -2.33. The number of carbonyl (C=O) groups is 1. The number of anilines is 1. The molecule has 2 rings (SSSR count). The van der Waals surface area contributed by atoms with Crippen LogP contribution >= 0.6 is 0 Å². The monoisotopic (exact) mass is 389 g/mol. The van der Waals surface area contributed by atoms with E-state index >= 15 is 0 Å². The van der Waals surface area contributed by atoms with Gasteiger partial charge in [-0.1, -0.05) is 18.2 Å². The molecule has 0 radical (unpaired) electrons. The Morgan fingerprint density at radius 2 is 1.75 bits per heavy atom. The van der Waals surface area contributed by atoms with Crippen molar-refractivity contribution in [1.29, 1.82) is 0 Å². The molecule has 0 aliphatic rings. The number of hydrogen-bond donors (Lipinski definition) is 1. The molecule has 0 saturated heterocycles. The highest BCUT2D eigenvalue weighted by molar-refractivity contribution is 6.00. The Morgan fingerprint density at radius 1 is 1.11 bits per heavy atom. The van der Waals surface area contributed by atoms with Crippen molar-refractivity contribution >= 4 is 17.3 Å². The SMILES string of the molecule is COc1cc(C(=O)NCCN(C)c2ccccc2)c([N+](=O)[O-])c(OC)c1OC. The fourth-order valence-corrected chi connectivity index (χ4v) is 2.74. The Labute approximate surface area is 163 Å². The van der Waals surface area contributed by atoms with Gasteiger partial charge in [-0.3, -0.25) is 14.9 Å². The van der Waals surface area contributed by atoms with E-state index in [1.807, 2.05) is 42.3 Å². The van der Waals surface area contributed by atoms with Crippen molar-refractivity contribution in [3.8, 4) is 17.2 Å². The summed E-state index contributed by atoms with van der Waals surface area (Å²) in [6.07, 6.45) is 0. The molecule has 0 atom stereocenters. The molecule has 0 aliphatic carbocycles. The molecule has 9 heteroatoms. The number of methoxy groups -OCH3 is 3. The summed E-state index contributed by atoms with van der Waals surface area (Å²) < 4.78 is 15.5. The standard InChI is InChI=1S/C19H23N3O6/c1-21(13-8-6-5-7-9-13)11-10-20-19(23)14-12-15(26-2)17(27-3)18(28-4)16(14)22(24)25/h5-9,12H,10-11H2,1-4H3,(H,20,23). The molecule has 0 heterocycles. The van der Waals surface area contributed by atoms with E-state index in [1.165, 1.54) is 27.4 Å². The van der Waals surface area contributed by atoms with E-state index in [2.05, 4.69) is 5.32 Å². The van der Waals surface area contributed by atoms with Crippen LogP contribution in [0.15, 0.2) is 36.4 Å². The first-order chi connectivity index (χ1) is 13.4. The third-order valence-corrected chi connectivity index (χ3v) is 4.16. The second kappa shape index (κ2) is 9.45. The van der Waals surface area contributed by atoms with Crippen LogP contribution in [0.2, 0.25) is 0 Å². The molecule has 2 aromatic carbocycles. The van der Waals surface area contributed by atoms with Crippen LogP contribution in [-0.4, -0.2) is 52.3 Å². The zero-order valence-corrected chi connectivity index (χ0v) is 16.2. The highest BCUT2D eigenvalue weighted by Crippen LogP contribution is 2.46. The molecule has 0 aliphatic heterocycles. The second-order valence-electron chi connectivity index (χ2n) is 5.81. The van der Waals surface area contributed by atoms with Crippen LogP contribution in [0.4, 0.5) is 11.4 Å². The number of nitro benzene ring substituents is 1. The van der Waals surface area contributed by atoms with Crippen molar-refractivity contribution in [3.63, 3.8) is 0 Å². The quantitative estimate of drug-likeness (QED) is 0.519. The summed E-state index contributed by atoms with van der Waals surface area (Å²) in [5.41, 5.74) is 0.353. The van der Waals surface area contributed by atoms with Crippen LogP contribution in [0, 0.1) is 10.1 Å². The maximum absolute atomic E-state index is 12.6. The van der Waals surface area contributed by atoms with Gasteiger partial charge in [0.05, 0.1) is 26.3 Å². The van der Waals surface area contributed by atoms with E-state index in [4.69, 9.17) is 14.2 Å². The van der Waals surface area contributed by atoms with E-state index in [0.717, 1.165) is 5.69 Å². The third-order valence-electron chi connectivity index (χ3n) is 4.16. The van der Waals surface area contributed by atoms with E-state index in [1.54, 1.807) is 0 Å². The number of rotatable bonds is 9. The van der Waals surface area contributed by atoms with Crippen molar-refractivity contribution < 1.29 is 23.9 Å². The van der Waals surface area contributed by atoms with Crippen molar-refractivity contribution in [1.82, 2.24) is 5.32 Å². The smallest absolute Gasteiger partial charge is 0.327 e. The van der Waals surface area contributed by atoms with Gasteiger partial charge in [0.15, 0.2) is 5.75 Å². The number of nitro groups is 1. The van der Waals surface area contributed by atoms with Gasteiger partial charge in [-0.25, -0.2) is 0 Å². The first-order valence-corrected chi connectivity index (χ1v) is 8.46. The molecule has 0 fully saturated rings. The lowest BCUT2D eigenvalue weighted by molar-refractivity contribution is -0.386. The topological polar surface area (TPSA) is 103 Å². The van der Waals surface area contributed by atoms with E-state index < -0.39 is 16.5 Å². The third kappa shape index (κ3) is 4.43. The van der Waals surface area contributed by atoms with Gasteiger partial charge in [-0.05, 0) is 12.1 Å². The summed E-state index contributed by atoms with van der Waals surface area (Å²) in [7, 11) is 5.87. The Balaban J connectivity index is 2.23. The number of hydrogen-bond acceptors (Lipinski definition) is 7. The predicted molar refractivity (Wildman–Crippen MR) is 105 cm³/mol. The van der Waals surface area contributed by atoms with Crippen molar-refractivity contribution in [2.45, 2.75) is 0 Å². The zero-order valence-electron chi connectivity index (χ0n) is 16.2. The second-order valence-corrected chi connectivity index (χ2v) is 5.81. The van der Waals surface area contributed by atoms with Crippen molar-refractivity contribution in [3.05, 3.63) is 52.1 Å². The fraction of sp³-hybridized carbons (Fsp3) is 0.316. The molecule has 150 valence electrons. The summed E-state index contributed by atoms with van der Waals surface area (Å²) in [5.74, 6) is -0.556. The summed E-state index contributed by atoms with van der Waals surface area (Å²) >= 11 is 0. The van der Waals surface area contributed by atoms with Crippen molar-refractivity contribution in [2.75, 3.05) is 46.4 Å². The zero-order chi connectivity index (χ0) is 20.7. The van der Waals surface area contributed by atoms with Crippen LogP contribution in [0.5, 0.6) is 17.2 Å². The van der Waals surface area contributed by atoms with Gasteiger partial charge in [0.25, 0.3) is 5.91 Å².